The van der Waals surface area contributed by atoms with Gasteiger partial charge in [-0.05, 0) is 31.7 Å². The van der Waals surface area contributed by atoms with Crippen molar-refractivity contribution in [2.75, 3.05) is 19.7 Å². The Kier molecular flexibility index (Phi) is 5.45. The average Bonchev–Trinajstić information content (AvgIpc) is 2.64. The van der Waals surface area contributed by atoms with Crippen LogP contribution in [0.4, 0.5) is 0 Å². The summed E-state index contributed by atoms with van der Waals surface area (Å²) in [6.45, 7) is 6.79. The summed E-state index contributed by atoms with van der Waals surface area (Å²) in [5.74, 6) is 0.649. The lowest BCUT2D eigenvalue weighted by Gasteiger charge is -2.20. The highest BCUT2D eigenvalue weighted by molar-refractivity contribution is 4.78. The van der Waals surface area contributed by atoms with Gasteiger partial charge in [0, 0.05) is 18.6 Å². The Hall–Kier alpha value is -0.120. The highest BCUT2D eigenvalue weighted by Crippen LogP contribution is 2.06. The first-order valence-electron chi connectivity index (χ1n) is 5.80. The standard InChI is InChI=1S/C11H24N2O/c1-9(2)6-11(8-14)13-7-10-4-3-5-12-10/h9-14H,3-8H2,1-2H3. The van der Waals surface area contributed by atoms with Gasteiger partial charge in [0.05, 0.1) is 6.61 Å². The predicted octanol–water partition coefficient (Wildman–Crippen LogP) is 0.735. The minimum Gasteiger partial charge on any atom is -0.395 e. The zero-order valence-electron chi connectivity index (χ0n) is 9.42. The first-order chi connectivity index (χ1) is 6.72. The van der Waals surface area contributed by atoms with Crippen LogP contribution in [0.3, 0.4) is 0 Å². The third-order valence-corrected chi connectivity index (χ3v) is 2.79. The Bertz CT molecular complexity index is 144. The Labute approximate surface area is 87.3 Å². The smallest absolute Gasteiger partial charge is 0.0584 e. The van der Waals surface area contributed by atoms with E-state index >= 15 is 0 Å². The molecule has 3 nitrogen and oxygen atoms in total. The lowest BCUT2D eigenvalue weighted by molar-refractivity contribution is 0.222. The van der Waals surface area contributed by atoms with Crippen LogP contribution in [0.1, 0.15) is 33.1 Å². The fourth-order valence-corrected chi connectivity index (χ4v) is 2.03. The molecule has 84 valence electrons. The van der Waals surface area contributed by atoms with Gasteiger partial charge >= 0.3 is 0 Å². The van der Waals surface area contributed by atoms with Crippen molar-refractivity contribution in [1.82, 2.24) is 10.6 Å². The first-order valence-corrected chi connectivity index (χ1v) is 5.80. The summed E-state index contributed by atoms with van der Waals surface area (Å²) < 4.78 is 0. The molecule has 1 heterocycles. The Morgan fingerprint density at radius 3 is 2.79 bits per heavy atom. The summed E-state index contributed by atoms with van der Waals surface area (Å²) in [4.78, 5) is 0. The lowest BCUT2D eigenvalue weighted by Crippen LogP contribution is -2.41. The van der Waals surface area contributed by atoms with Crippen LogP contribution in [0.25, 0.3) is 0 Å². The van der Waals surface area contributed by atoms with Crippen molar-refractivity contribution < 1.29 is 5.11 Å². The van der Waals surface area contributed by atoms with Gasteiger partial charge < -0.3 is 15.7 Å². The topological polar surface area (TPSA) is 44.3 Å². The van der Waals surface area contributed by atoms with Crippen molar-refractivity contribution in [2.45, 2.75) is 45.2 Å². The van der Waals surface area contributed by atoms with Crippen LogP contribution in [0, 0.1) is 5.92 Å². The van der Waals surface area contributed by atoms with Crippen molar-refractivity contribution in [1.29, 1.82) is 0 Å². The van der Waals surface area contributed by atoms with E-state index < -0.39 is 0 Å². The largest absolute Gasteiger partial charge is 0.395 e. The van der Waals surface area contributed by atoms with Crippen molar-refractivity contribution in [3.05, 3.63) is 0 Å². The van der Waals surface area contributed by atoms with Gasteiger partial charge in [-0.15, -0.1) is 0 Å². The fraction of sp³-hybridized carbons (Fsp3) is 1.00. The number of hydrogen-bond donors (Lipinski definition) is 3. The summed E-state index contributed by atoms with van der Waals surface area (Å²) in [6, 6.07) is 0.897. The normalized spacial score (nSPS) is 24.4. The van der Waals surface area contributed by atoms with Gasteiger partial charge in [-0.3, -0.25) is 0 Å². The second kappa shape index (κ2) is 6.38. The van der Waals surface area contributed by atoms with Gasteiger partial charge in [-0.1, -0.05) is 13.8 Å². The molecule has 1 aliphatic rings. The third kappa shape index (κ3) is 4.40. The number of hydrogen-bond acceptors (Lipinski definition) is 3. The van der Waals surface area contributed by atoms with E-state index in [9.17, 15) is 0 Å². The van der Waals surface area contributed by atoms with Gasteiger partial charge in [-0.2, -0.15) is 0 Å². The number of aliphatic hydroxyl groups is 1. The quantitative estimate of drug-likeness (QED) is 0.592. The average molecular weight is 200 g/mol. The Balaban J connectivity index is 2.12. The molecule has 0 saturated carbocycles. The van der Waals surface area contributed by atoms with Crippen molar-refractivity contribution >= 4 is 0 Å². The fourth-order valence-electron chi connectivity index (χ4n) is 2.03. The molecule has 1 saturated heterocycles. The highest BCUT2D eigenvalue weighted by atomic mass is 16.3. The third-order valence-electron chi connectivity index (χ3n) is 2.79. The molecule has 0 aliphatic carbocycles. The molecule has 0 amide bonds. The molecular weight excluding hydrogens is 176 g/mol. The molecule has 0 aromatic heterocycles. The maximum Gasteiger partial charge on any atom is 0.0584 e. The summed E-state index contributed by atoms with van der Waals surface area (Å²) >= 11 is 0. The van der Waals surface area contributed by atoms with Crippen LogP contribution in [-0.4, -0.2) is 36.9 Å². The molecule has 14 heavy (non-hydrogen) atoms. The predicted molar refractivity (Wildman–Crippen MR) is 59.4 cm³/mol. The zero-order chi connectivity index (χ0) is 10.4. The van der Waals surface area contributed by atoms with Crippen LogP contribution < -0.4 is 10.6 Å². The molecule has 0 aromatic carbocycles. The molecule has 0 radical (unpaired) electrons. The highest BCUT2D eigenvalue weighted by Gasteiger charge is 2.16. The van der Waals surface area contributed by atoms with Crippen LogP contribution in [0.2, 0.25) is 0 Å². The molecule has 0 spiro atoms. The van der Waals surface area contributed by atoms with Gasteiger partial charge in [0.15, 0.2) is 0 Å². The van der Waals surface area contributed by atoms with Crippen LogP contribution in [0.15, 0.2) is 0 Å². The Morgan fingerprint density at radius 2 is 2.29 bits per heavy atom. The molecule has 1 aliphatic heterocycles. The van der Waals surface area contributed by atoms with Crippen molar-refractivity contribution in [3.63, 3.8) is 0 Å². The summed E-state index contributed by atoms with van der Waals surface area (Å²) in [6.07, 6.45) is 3.62. The molecule has 3 heteroatoms. The van der Waals surface area contributed by atoms with Crippen LogP contribution in [-0.2, 0) is 0 Å². The van der Waals surface area contributed by atoms with Crippen molar-refractivity contribution in [2.24, 2.45) is 5.92 Å². The summed E-state index contributed by atoms with van der Waals surface area (Å²) in [7, 11) is 0. The molecule has 3 N–H and O–H groups in total. The molecular formula is C11H24N2O. The maximum absolute atomic E-state index is 9.17. The maximum atomic E-state index is 9.17. The minimum atomic E-state index is 0.255. The van der Waals surface area contributed by atoms with Gasteiger partial charge in [-0.25, -0.2) is 0 Å². The van der Waals surface area contributed by atoms with E-state index in [1.807, 2.05) is 0 Å². The molecule has 2 atom stereocenters. The van der Waals surface area contributed by atoms with Gasteiger partial charge in [0.1, 0.15) is 0 Å². The van der Waals surface area contributed by atoms with Crippen LogP contribution >= 0.6 is 0 Å². The van der Waals surface area contributed by atoms with E-state index in [1.54, 1.807) is 0 Å². The SMILES string of the molecule is CC(C)CC(CO)NCC1CCCN1. The second-order valence-corrected chi connectivity index (χ2v) is 4.71. The Morgan fingerprint density at radius 1 is 1.50 bits per heavy atom. The molecule has 1 rings (SSSR count). The van der Waals surface area contributed by atoms with E-state index in [4.69, 9.17) is 5.11 Å². The lowest BCUT2D eigenvalue weighted by atomic mass is 10.0. The number of aliphatic hydroxyl groups excluding tert-OH is 1. The summed E-state index contributed by atoms with van der Waals surface area (Å²) in [5.41, 5.74) is 0. The van der Waals surface area contributed by atoms with Gasteiger partial charge in [0.25, 0.3) is 0 Å². The van der Waals surface area contributed by atoms with E-state index in [0.29, 0.717) is 12.0 Å². The van der Waals surface area contributed by atoms with Crippen molar-refractivity contribution in [3.8, 4) is 0 Å². The van der Waals surface area contributed by atoms with E-state index in [2.05, 4.69) is 24.5 Å². The first kappa shape index (κ1) is 12.0. The molecule has 0 bridgehead atoms. The van der Waals surface area contributed by atoms with E-state index in [0.717, 1.165) is 19.5 Å². The monoisotopic (exact) mass is 200 g/mol. The number of rotatable bonds is 6. The van der Waals surface area contributed by atoms with Gasteiger partial charge in [0.2, 0.25) is 0 Å². The van der Waals surface area contributed by atoms with E-state index in [-0.39, 0.29) is 12.6 Å². The minimum absolute atomic E-state index is 0.255. The van der Waals surface area contributed by atoms with Crippen LogP contribution in [0.5, 0.6) is 0 Å². The van der Waals surface area contributed by atoms with E-state index in [1.165, 1.54) is 12.8 Å². The zero-order valence-corrected chi connectivity index (χ0v) is 9.42. The second-order valence-electron chi connectivity index (χ2n) is 4.71. The molecule has 0 aromatic rings. The summed E-state index contributed by atoms with van der Waals surface area (Å²) in [5, 5.41) is 16.0. The number of nitrogens with one attached hydrogen (secondary N) is 2. The molecule has 2 unspecified atom stereocenters. The molecule has 1 fully saturated rings.